The highest BCUT2D eigenvalue weighted by Gasteiger charge is 2.29. The molecule has 1 atom stereocenters. The zero-order valence-electron chi connectivity index (χ0n) is 13.9. The molecule has 1 aliphatic rings. The molecule has 1 saturated heterocycles. The third kappa shape index (κ3) is 3.80. The van der Waals surface area contributed by atoms with Crippen molar-refractivity contribution in [1.29, 1.82) is 0 Å². The van der Waals surface area contributed by atoms with Gasteiger partial charge < -0.3 is 20.5 Å². The lowest BCUT2D eigenvalue weighted by molar-refractivity contribution is -0.123. The quantitative estimate of drug-likeness (QED) is 0.861. The molecule has 1 aliphatic heterocycles. The van der Waals surface area contributed by atoms with Gasteiger partial charge in [0.1, 0.15) is 5.75 Å². The minimum atomic E-state index is -0.706. The topological polar surface area (TPSA) is 92.9 Å². The molecule has 2 aromatic rings. The van der Waals surface area contributed by atoms with Gasteiger partial charge in [0.2, 0.25) is 0 Å². The number of ether oxygens (including phenoxy) is 1. The van der Waals surface area contributed by atoms with Crippen LogP contribution in [-0.2, 0) is 4.79 Å². The summed E-state index contributed by atoms with van der Waals surface area (Å²) in [6, 6.07) is 14.6. The molecule has 0 aromatic heterocycles. The maximum Gasteiger partial charge on any atom is 0.258 e. The summed E-state index contributed by atoms with van der Waals surface area (Å²) in [4.78, 5) is 24.9. The lowest BCUT2D eigenvalue weighted by Crippen LogP contribution is -2.53. The lowest BCUT2D eigenvalue weighted by atomic mass is 10.0. The van der Waals surface area contributed by atoms with Gasteiger partial charge in [-0.3, -0.25) is 9.59 Å². The Labute approximate surface area is 145 Å². The van der Waals surface area contributed by atoms with Crippen molar-refractivity contribution in [2.75, 3.05) is 13.1 Å². The number of benzene rings is 2. The average Bonchev–Trinajstić information content (AvgIpc) is 2.58. The summed E-state index contributed by atoms with van der Waals surface area (Å²) < 4.78 is 5.50. The molecule has 25 heavy (non-hydrogen) atoms. The molecule has 2 amide bonds. The summed E-state index contributed by atoms with van der Waals surface area (Å²) in [7, 11) is 0. The highest BCUT2D eigenvalue weighted by molar-refractivity contribution is 5.95. The summed E-state index contributed by atoms with van der Waals surface area (Å²) in [6.07, 6.45) is -1.11. The minimum Gasteiger partial charge on any atom is -0.481 e. The molecule has 3 N–H and O–H groups in total. The number of rotatable bonds is 5. The number of aliphatic hydroxyl groups excluding tert-OH is 1. The van der Waals surface area contributed by atoms with Gasteiger partial charge in [0.25, 0.3) is 11.8 Å². The van der Waals surface area contributed by atoms with Gasteiger partial charge in [0, 0.05) is 18.7 Å². The lowest BCUT2D eigenvalue weighted by Gasteiger charge is -2.35. The van der Waals surface area contributed by atoms with E-state index >= 15 is 0 Å². The summed E-state index contributed by atoms with van der Waals surface area (Å²) >= 11 is 0. The second kappa shape index (κ2) is 6.94. The molecule has 0 saturated carbocycles. The molecular formula is C19H20N2O4. The van der Waals surface area contributed by atoms with Crippen LogP contribution in [-0.4, -0.2) is 47.1 Å². The predicted octanol–water partition coefficient (Wildman–Crippen LogP) is 1.42. The number of nitrogens with two attached hydrogens (primary N) is 1. The van der Waals surface area contributed by atoms with E-state index < -0.39 is 18.1 Å². The van der Waals surface area contributed by atoms with Gasteiger partial charge >= 0.3 is 0 Å². The van der Waals surface area contributed by atoms with Gasteiger partial charge in [0.05, 0.1) is 6.10 Å². The Balaban J connectivity index is 1.74. The Morgan fingerprint density at radius 3 is 2.44 bits per heavy atom. The largest absolute Gasteiger partial charge is 0.481 e. The van der Waals surface area contributed by atoms with Crippen LogP contribution in [0.2, 0.25) is 0 Å². The Bertz CT molecular complexity index is 782. The Hall–Kier alpha value is -2.86. The molecule has 6 heteroatoms. The third-order valence-corrected chi connectivity index (χ3v) is 4.16. The van der Waals surface area contributed by atoms with Crippen LogP contribution in [0.5, 0.6) is 5.75 Å². The molecule has 2 aromatic carbocycles. The van der Waals surface area contributed by atoms with E-state index in [1.807, 2.05) is 30.3 Å². The number of aliphatic hydroxyl groups is 1. The first-order chi connectivity index (χ1) is 11.9. The molecule has 130 valence electrons. The predicted molar refractivity (Wildman–Crippen MR) is 93.1 cm³/mol. The molecule has 0 bridgehead atoms. The van der Waals surface area contributed by atoms with Crippen LogP contribution < -0.4 is 10.5 Å². The standard InChI is InChI=1S/C19H20N2O4/c1-12(18(20)23)25-17-4-2-3-15(9-17)13-5-7-14(8-6-13)19(24)21-10-16(22)11-21/h2-9,12,16,22H,10-11H2,1H3,(H2,20,23)/t12-/m0/s1. The van der Waals surface area contributed by atoms with Crippen LogP contribution >= 0.6 is 0 Å². The summed E-state index contributed by atoms with van der Waals surface area (Å²) in [5.41, 5.74) is 7.64. The van der Waals surface area contributed by atoms with Crippen molar-refractivity contribution in [2.45, 2.75) is 19.1 Å². The molecule has 0 aliphatic carbocycles. The SMILES string of the molecule is C[C@H](Oc1cccc(-c2ccc(C(=O)N3CC(O)C3)cc2)c1)C(N)=O. The fourth-order valence-electron chi connectivity index (χ4n) is 2.62. The number of carbonyl (C=O) groups excluding carboxylic acids is 2. The molecular weight excluding hydrogens is 320 g/mol. The fourth-order valence-corrected chi connectivity index (χ4v) is 2.62. The van der Waals surface area contributed by atoms with E-state index in [-0.39, 0.29) is 5.91 Å². The monoisotopic (exact) mass is 340 g/mol. The van der Waals surface area contributed by atoms with Crippen LogP contribution in [0.4, 0.5) is 0 Å². The molecule has 0 radical (unpaired) electrons. The summed E-state index contributed by atoms with van der Waals surface area (Å²) in [5.74, 6) is -0.0490. The van der Waals surface area contributed by atoms with E-state index in [1.54, 1.807) is 30.0 Å². The molecule has 0 spiro atoms. The zero-order valence-corrected chi connectivity index (χ0v) is 13.9. The van der Waals surface area contributed by atoms with Gasteiger partial charge in [0.15, 0.2) is 6.10 Å². The van der Waals surface area contributed by atoms with E-state index in [9.17, 15) is 14.7 Å². The first-order valence-electron chi connectivity index (χ1n) is 8.08. The van der Waals surface area contributed by atoms with E-state index in [2.05, 4.69) is 0 Å². The molecule has 3 rings (SSSR count). The number of amides is 2. The number of hydrogen-bond acceptors (Lipinski definition) is 4. The maximum absolute atomic E-state index is 12.2. The summed E-state index contributed by atoms with van der Waals surface area (Å²) in [5, 5.41) is 9.29. The van der Waals surface area contributed by atoms with Crippen LogP contribution in [0.15, 0.2) is 48.5 Å². The average molecular weight is 340 g/mol. The smallest absolute Gasteiger partial charge is 0.258 e. The maximum atomic E-state index is 12.2. The van der Waals surface area contributed by atoms with Crippen molar-refractivity contribution in [1.82, 2.24) is 4.90 Å². The molecule has 1 fully saturated rings. The minimum absolute atomic E-state index is 0.0794. The molecule has 0 unspecified atom stereocenters. The summed E-state index contributed by atoms with van der Waals surface area (Å²) in [6.45, 7) is 2.37. The first kappa shape index (κ1) is 17.0. The first-order valence-corrected chi connectivity index (χ1v) is 8.08. The van der Waals surface area contributed by atoms with Crippen molar-refractivity contribution in [3.8, 4) is 16.9 Å². The highest BCUT2D eigenvalue weighted by atomic mass is 16.5. The van der Waals surface area contributed by atoms with Gasteiger partial charge in [-0.1, -0.05) is 24.3 Å². The van der Waals surface area contributed by atoms with Crippen molar-refractivity contribution in [3.05, 3.63) is 54.1 Å². The number of hydrogen-bond donors (Lipinski definition) is 2. The van der Waals surface area contributed by atoms with Crippen LogP contribution in [0.1, 0.15) is 17.3 Å². The molecule has 6 nitrogen and oxygen atoms in total. The van der Waals surface area contributed by atoms with Gasteiger partial charge in [-0.25, -0.2) is 0 Å². The number of carbonyl (C=O) groups is 2. The van der Waals surface area contributed by atoms with E-state index in [4.69, 9.17) is 10.5 Å². The number of nitrogens with zero attached hydrogens (tertiary/aromatic N) is 1. The third-order valence-electron chi connectivity index (χ3n) is 4.16. The fraction of sp³-hybridized carbons (Fsp3) is 0.263. The number of β-amino-alcohol motifs (C(OH)–C–C–N with tert-alkyl or cyclic N) is 1. The van der Waals surface area contributed by atoms with Crippen LogP contribution in [0, 0.1) is 0 Å². The highest BCUT2D eigenvalue weighted by Crippen LogP contribution is 2.25. The van der Waals surface area contributed by atoms with Crippen molar-refractivity contribution in [2.24, 2.45) is 5.73 Å². The van der Waals surface area contributed by atoms with E-state index in [0.717, 1.165) is 11.1 Å². The van der Waals surface area contributed by atoms with Crippen LogP contribution in [0.3, 0.4) is 0 Å². The van der Waals surface area contributed by atoms with Crippen LogP contribution in [0.25, 0.3) is 11.1 Å². The van der Waals surface area contributed by atoms with Gasteiger partial charge in [-0.2, -0.15) is 0 Å². The Morgan fingerprint density at radius 1 is 1.16 bits per heavy atom. The van der Waals surface area contributed by atoms with E-state index in [0.29, 0.717) is 24.4 Å². The Morgan fingerprint density at radius 2 is 1.84 bits per heavy atom. The van der Waals surface area contributed by atoms with Crippen molar-refractivity contribution < 1.29 is 19.4 Å². The van der Waals surface area contributed by atoms with Crippen molar-refractivity contribution in [3.63, 3.8) is 0 Å². The Kier molecular flexibility index (Phi) is 4.72. The molecule has 1 heterocycles. The zero-order chi connectivity index (χ0) is 18.0. The van der Waals surface area contributed by atoms with Crippen molar-refractivity contribution >= 4 is 11.8 Å². The second-order valence-corrected chi connectivity index (χ2v) is 6.13. The van der Waals surface area contributed by atoms with E-state index in [1.165, 1.54) is 0 Å². The van der Waals surface area contributed by atoms with Gasteiger partial charge in [-0.15, -0.1) is 0 Å². The van der Waals surface area contributed by atoms with Gasteiger partial charge in [-0.05, 0) is 42.3 Å². The number of primary amides is 1. The number of likely N-dealkylation sites (tertiary alicyclic amines) is 1. The second-order valence-electron chi connectivity index (χ2n) is 6.13. The normalized spacial score (nSPS) is 15.4.